The molecule has 1 atom stereocenters. The molecule has 0 aliphatic heterocycles. The molecular formula is C20H23FN2O3S. The maximum atomic E-state index is 13.8. The second-order valence-corrected chi connectivity index (χ2v) is 8.15. The Hall–Kier alpha value is -2.28. The molecule has 1 aromatic carbocycles. The van der Waals surface area contributed by atoms with E-state index < -0.39 is 17.4 Å². The minimum atomic E-state index is -1.02. The number of thiazole rings is 1. The Bertz CT molecular complexity index is 859. The van der Waals surface area contributed by atoms with E-state index in [0.29, 0.717) is 29.1 Å². The van der Waals surface area contributed by atoms with Crippen molar-refractivity contribution in [3.63, 3.8) is 0 Å². The van der Waals surface area contributed by atoms with Crippen LogP contribution in [-0.2, 0) is 10.2 Å². The van der Waals surface area contributed by atoms with Crippen molar-refractivity contribution in [3.05, 3.63) is 51.2 Å². The van der Waals surface area contributed by atoms with Gasteiger partial charge in [-0.25, -0.2) is 14.2 Å². The van der Waals surface area contributed by atoms with Crippen LogP contribution in [0.15, 0.2) is 24.3 Å². The number of nitrogens with zero attached hydrogens (tertiary/aromatic N) is 1. The summed E-state index contributed by atoms with van der Waals surface area (Å²) in [4.78, 5) is 29.0. The van der Waals surface area contributed by atoms with Crippen LogP contribution in [-0.4, -0.2) is 22.0 Å². The molecule has 1 aliphatic rings. The molecule has 2 N–H and O–H groups in total. The lowest BCUT2D eigenvalue weighted by Crippen LogP contribution is -2.46. The third-order valence-corrected chi connectivity index (χ3v) is 6.57. The molecule has 0 spiro atoms. The highest BCUT2D eigenvalue weighted by Gasteiger charge is 2.42. The minimum absolute atomic E-state index is 0.148. The van der Waals surface area contributed by atoms with Gasteiger partial charge in [-0.3, -0.25) is 4.79 Å². The van der Waals surface area contributed by atoms with E-state index in [1.165, 1.54) is 12.1 Å². The fourth-order valence-electron chi connectivity index (χ4n) is 3.79. The first-order valence-corrected chi connectivity index (χ1v) is 9.93. The lowest BCUT2D eigenvalue weighted by molar-refractivity contribution is -0.128. The molecule has 1 saturated carbocycles. The van der Waals surface area contributed by atoms with E-state index in [1.54, 1.807) is 19.9 Å². The number of aromatic nitrogens is 1. The monoisotopic (exact) mass is 390 g/mol. The maximum Gasteiger partial charge on any atom is 0.347 e. The normalized spacial score (nSPS) is 17.3. The number of aromatic carboxylic acids is 1. The van der Waals surface area contributed by atoms with Gasteiger partial charge in [0, 0.05) is 0 Å². The van der Waals surface area contributed by atoms with Gasteiger partial charge in [0.25, 0.3) is 0 Å². The van der Waals surface area contributed by atoms with Gasteiger partial charge < -0.3 is 10.4 Å². The summed E-state index contributed by atoms with van der Waals surface area (Å²) in [5.74, 6) is -1.51. The smallest absolute Gasteiger partial charge is 0.347 e. The number of nitrogens with one attached hydrogen (secondary N) is 1. The predicted octanol–water partition coefficient (Wildman–Crippen LogP) is 4.37. The fraction of sp³-hybridized carbons (Fsp3) is 0.450. The average molecular weight is 390 g/mol. The van der Waals surface area contributed by atoms with Crippen LogP contribution in [0.2, 0.25) is 0 Å². The van der Waals surface area contributed by atoms with Crippen molar-refractivity contribution in [1.82, 2.24) is 10.3 Å². The van der Waals surface area contributed by atoms with Gasteiger partial charge >= 0.3 is 5.97 Å². The van der Waals surface area contributed by atoms with E-state index in [-0.39, 0.29) is 16.6 Å². The highest BCUT2D eigenvalue weighted by Crippen LogP contribution is 2.40. The van der Waals surface area contributed by atoms with Crippen LogP contribution >= 0.6 is 11.3 Å². The van der Waals surface area contributed by atoms with Crippen LogP contribution in [0.5, 0.6) is 0 Å². The molecule has 1 fully saturated rings. The number of carboxylic acid groups (broad SMARTS) is 1. The highest BCUT2D eigenvalue weighted by atomic mass is 32.1. The van der Waals surface area contributed by atoms with E-state index in [2.05, 4.69) is 10.3 Å². The van der Waals surface area contributed by atoms with Gasteiger partial charge in [0.05, 0.1) is 17.2 Å². The summed E-state index contributed by atoms with van der Waals surface area (Å²) in [6.45, 7) is 3.44. The molecule has 1 heterocycles. The van der Waals surface area contributed by atoms with E-state index in [9.17, 15) is 19.1 Å². The van der Waals surface area contributed by atoms with Crippen LogP contribution in [0.25, 0.3) is 0 Å². The quantitative estimate of drug-likeness (QED) is 0.795. The van der Waals surface area contributed by atoms with Crippen LogP contribution < -0.4 is 5.32 Å². The SMILES string of the molecule is Cc1nc(C(C)NC(=O)C2(c3cccc(F)c3)CCCCC2)sc1C(=O)O. The summed E-state index contributed by atoms with van der Waals surface area (Å²) < 4.78 is 13.8. The van der Waals surface area contributed by atoms with Gasteiger partial charge in [-0.15, -0.1) is 11.3 Å². The number of amides is 1. The molecular weight excluding hydrogens is 367 g/mol. The van der Waals surface area contributed by atoms with Gasteiger partial charge in [0.2, 0.25) is 5.91 Å². The number of halogens is 1. The highest BCUT2D eigenvalue weighted by molar-refractivity contribution is 7.13. The van der Waals surface area contributed by atoms with Crippen LogP contribution in [0.3, 0.4) is 0 Å². The Labute approximate surface area is 161 Å². The van der Waals surface area contributed by atoms with Crippen molar-refractivity contribution in [2.75, 3.05) is 0 Å². The van der Waals surface area contributed by atoms with Gasteiger partial charge in [0.1, 0.15) is 15.7 Å². The summed E-state index contributed by atoms with van der Waals surface area (Å²) in [7, 11) is 0. The van der Waals surface area contributed by atoms with Gasteiger partial charge in [0.15, 0.2) is 0 Å². The number of hydrogen-bond donors (Lipinski definition) is 2. The first kappa shape index (κ1) is 19.5. The van der Waals surface area contributed by atoms with Crippen molar-refractivity contribution in [2.24, 2.45) is 0 Å². The number of hydrogen-bond acceptors (Lipinski definition) is 4. The third-order valence-electron chi connectivity index (χ3n) is 5.24. The zero-order valence-electron chi connectivity index (χ0n) is 15.4. The molecule has 0 bridgehead atoms. The Morgan fingerprint density at radius 3 is 2.59 bits per heavy atom. The van der Waals surface area contributed by atoms with Gasteiger partial charge in [-0.1, -0.05) is 31.4 Å². The molecule has 5 nitrogen and oxygen atoms in total. The van der Waals surface area contributed by atoms with E-state index in [1.807, 2.05) is 6.07 Å². The Morgan fingerprint density at radius 2 is 2.00 bits per heavy atom. The van der Waals surface area contributed by atoms with Crippen LogP contribution in [0.1, 0.15) is 71.0 Å². The number of rotatable bonds is 5. The second kappa shape index (κ2) is 7.76. The summed E-state index contributed by atoms with van der Waals surface area (Å²) in [6, 6.07) is 5.87. The molecule has 1 aromatic heterocycles. The van der Waals surface area contributed by atoms with Crippen molar-refractivity contribution in [2.45, 2.75) is 57.4 Å². The molecule has 1 amide bonds. The topological polar surface area (TPSA) is 79.3 Å². The molecule has 144 valence electrons. The lowest BCUT2D eigenvalue weighted by atomic mass is 9.68. The summed E-state index contributed by atoms with van der Waals surface area (Å²) >= 11 is 1.08. The molecule has 0 radical (unpaired) electrons. The predicted molar refractivity (Wildman–Crippen MR) is 102 cm³/mol. The standard InChI is InChI=1S/C20H23FN2O3S/c1-12-16(18(24)25)27-17(22-12)13(2)23-19(26)20(9-4-3-5-10-20)14-7-6-8-15(21)11-14/h6-8,11,13H,3-5,9-10H2,1-2H3,(H,23,26)(H,24,25). The lowest BCUT2D eigenvalue weighted by Gasteiger charge is -2.37. The Kier molecular flexibility index (Phi) is 5.60. The van der Waals surface area contributed by atoms with E-state index in [0.717, 1.165) is 30.6 Å². The summed E-state index contributed by atoms with van der Waals surface area (Å²) in [5, 5.41) is 12.8. The first-order chi connectivity index (χ1) is 12.8. The average Bonchev–Trinajstić information content (AvgIpc) is 3.04. The molecule has 1 aliphatic carbocycles. The largest absolute Gasteiger partial charge is 0.477 e. The molecule has 1 unspecified atom stereocenters. The third kappa shape index (κ3) is 3.88. The maximum absolute atomic E-state index is 13.8. The fourth-order valence-corrected chi connectivity index (χ4v) is 4.69. The Morgan fingerprint density at radius 1 is 1.30 bits per heavy atom. The Balaban J connectivity index is 1.87. The second-order valence-electron chi connectivity index (χ2n) is 7.12. The molecule has 3 rings (SSSR count). The zero-order valence-corrected chi connectivity index (χ0v) is 16.2. The number of carbonyl (C=O) groups excluding carboxylic acids is 1. The van der Waals surface area contributed by atoms with Crippen LogP contribution in [0, 0.1) is 12.7 Å². The molecule has 27 heavy (non-hydrogen) atoms. The van der Waals surface area contributed by atoms with Gasteiger partial charge in [-0.05, 0) is 44.4 Å². The van der Waals surface area contributed by atoms with Crippen molar-refractivity contribution < 1.29 is 19.1 Å². The van der Waals surface area contributed by atoms with Crippen LogP contribution in [0.4, 0.5) is 4.39 Å². The zero-order chi connectivity index (χ0) is 19.6. The van der Waals surface area contributed by atoms with Crippen molar-refractivity contribution in [1.29, 1.82) is 0 Å². The van der Waals surface area contributed by atoms with Crippen molar-refractivity contribution >= 4 is 23.2 Å². The van der Waals surface area contributed by atoms with Crippen molar-refractivity contribution in [3.8, 4) is 0 Å². The summed E-state index contributed by atoms with van der Waals surface area (Å²) in [5.41, 5.74) is 0.394. The van der Waals surface area contributed by atoms with Gasteiger partial charge in [-0.2, -0.15) is 0 Å². The number of carboxylic acids is 1. The van der Waals surface area contributed by atoms with E-state index >= 15 is 0 Å². The molecule has 7 heteroatoms. The first-order valence-electron chi connectivity index (χ1n) is 9.11. The molecule has 0 saturated heterocycles. The number of benzene rings is 1. The minimum Gasteiger partial charge on any atom is -0.477 e. The number of carbonyl (C=O) groups is 2. The molecule has 2 aromatic rings. The van der Waals surface area contributed by atoms with E-state index in [4.69, 9.17) is 0 Å². The summed E-state index contributed by atoms with van der Waals surface area (Å²) in [6.07, 6.45) is 4.24. The number of aryl methyl sites for hydroxylation is 1.